The third-order valence-electron chi connectivity index (χ3n) is 5.51. The predicted molar refractivity (Wildman–Crippen MR) is 116 cm³/mol. The van der Waals surface area contributed by atoms with Crippen molar-refractivity contribution >= 4 is 17.4 Å². The summed E-state index contributed by atoms with van der Waals surface area (Å²) in [5.41, 5.74) is -1.82. The molecule has 0 unspecified atom stereocenters. The lowest BCUT2D eigenvalue weighted by atomic mass is 10.1. The molecule has 4 aromatic rings. The maximum absolute atomic E-state index is 14.1. The molecule has 34 heavy (non-hydrogen) atoms. The van der Waals surface area contributed by atoms with Crippen LogP contribution in [-0.4, -0.2) is 59.3 Å². The zero-order valence-corrected chi connectivity index (χ0v) is 17.6. The number of aromatic nitrogens is 6. The summed E-state index contributed by atoms with van der Waals surface area (Å²) in [5, 5.41) is 3.23. The fourth-order valence-electron chi connectivity index (χ4n) is 3.95. The van der Waals surface area contributed by atoms with E-state index in [1.54, 1.807) is 33.9 Å². The van der Waals surface area contributed by atoms with E-state index in [-0.39, 0.29) is 12.6 Å². The van der Waals surface area contributed by atoms with Crippen LogP contribution in [0.3, 0.4) is 0 Å². The number of carbonyl (C=O) groups excluding carboxylic acids is 1. The SMILES string of the molecule is O=C(c1[nH]c(=O)[nH]c(=O)c1F)N1CCC[C@@H](Nc2ccnc(-c3cnc4ccc(F)cn34)n2)C1. The van der Waals surface area contributed by atoms with Crippen LogP contribution in [0, 0.1) is 11.6 Å². The molecule has 4 aromatic heterocycles. The number of hydrogen-bond acceptors (Lipinski definition) is 7. The van der Waals surface area contributed by atoms with Gasteiger partial charge in [-0.15, -0.1) is 0 Å². The Balaban J connectivity index is 1.35. The number of aromatic amines is 2. The van der Waals surface area contributed by atoms with Gasteiger partial charge < -0.3 is 15.2 Å². The Hall–Kier alpha value is -4.42. The summed E-state index contributed by atoms with van der Waals surface area (Å²) in [4.78, 5) is 53.9. The van der Waals surface area contributed by atoms with Gasteiger partial charge in [0.2, 0.25) is 5.82 Å². The summed E-state index contributed by atoms with van der Waals surface area (Å²) in [6, 6.07) is 4.29. The number of amides is 1. The number of piperidine rings is 1. The predicted octanol–water partition coefficient (Wildman–Crippen LogP) is 1.16. The highest BCUT2D eigenvalue weighted by molar-refractivity contribution is 5.92. The van der Waals surface area contributed by atoms with Gasteiger partial charge in [0.1, 0.15) is 23.0 Å². The minimum absolute atomic E-state index is 0.202. The lowest BCUT2D eigenvalue weighted by Crippen LogP contribution is -2.46. The maximum atomic E-state index is 14.1. The Bertz CT molecular complexity index is 1510. The second-order valence-corrected chi connectivity index (χ2v) is 7.82. The molecule has 0 aliphatic carbocycles. The van der Waals surface area contributed by atoms with Crippen LogP contribution in [0.1, 0.15) is 23.3 Å². The first-order chi connectivity index (χ1) is 16.4. The highest BCUT2D eigenvalue weighted by Gasteiger charge is 2.28. The van der Waals surface area contributed by atoms with Gasteiger partial charge >= 0.3 is 5.69 Å². The van der Waals surface area contributed by atoms with Crippen molar-refractivity contribution in [3.8, 4) is 11.5 Å². The van der Waals surface area contributed by atoms with Gasteiger partial charge in [-0.3, -0.25) is 19.0 Å². The molecule has 0 radical (unpaired) electrons. The van der Waals surface area contributed by atoms with Crippen molar-refractivity contribution in [2.24, 2.45) is 0 Å². The molecule has 3 N–H and O–H groups in total. The quantitative estimate of drug-likeness (QED) is 0.408. The van der Waals surface area contributed by atoms with Crippen molar-refractivity contribution < 1.29 is 13.6 Å². The first-order valence-corrected chi connectivity index (χ1v) is 10.4. The summed E-state index contributed by atoms with van der Waals surface area (Å²) in [6.45, 7) is 0.543. The lowest BCUT2D eigenvalue weighted by Gasteiger charge is -2.33. The number of imidazole rings is 1. The van der Waals surface area contributed by atoms with Gasteiger partial charge in [-0.1, -0.05) is 0 Å². The molecule has 13 heteroatoms. The zero-order valence-electron chi connectivity index (χ0n) is 17.6. The molecular weight excluding hydrogens is 450 g/mol. The molecule has 0 bridgehead atoms. The number of nitrogens with zero attached hydrogens (tertiary/aromatic N) is 5. The standard InChI is InChI=1S/C21H18F2N8O3/c22-11-3-4-15-25-8-13(31(15)9-11)18-24-6-5-14(27-18)26-12-2-1-7-30(10-12)20(33)17-16(23)19(32)29-21(34)28-17/h3-6,8-9,12H,1-2,7,10H2,(H,24,26,27)(H2,28,29,32,34)/t12-/m1/s1. The fraction of sp³-hybridized carbons (Fsp3) is 0.238. The van der Waals surface area contributed by atoms with Crippen LogP contribution in [0.25, 0.3) is 17.2 Å². The first kappa shape index (κ1) is 21.4. The average Bonchev–Trinajstić information content (AvgIpc) is 3.24. The molecule has 1 saturated heterocycles. The number of hydrogen-bond donors (Lipinski definition) is 3. The number of fused-ring (bicyclic) bond motifs is 1. The Morgan fingerprint density at radius 3 is 2.85 bits per heavy atom. The Kier molecular flexibility index (Phi) is 5.36. The van der Waals surface area contributed by atoms with Crippen molar-refractivity contribution in [1.82, 2.24) is 34.2 Å². The summed E-state index contributed by atoms with van der Waals surface area (Å²) in [6.07, 6.45) is 5.71. The molecule has 174 valence electrons. The van der Waals surface area contributed by atoms with Gasteiger partial charge in [0.15, 0.2) is 11.5 Å². The second kappa shape index (κ2) is 8.50. The molecule has 0 aromatic carbocycles. The van der Waals surface area contributed by atoms with Crippen LogP contribution >= 0.6 is 0 Å². The van der Waals surface area contributed by atoms with Crippen LogP contribution in [0.15, 0.2) is 46.4 Å². The van der Waals surface area contributed by atoms with E-state index in [1.807, 2.05) is 0 Å². The second-order valence-electron chi connectivity index (χ2n) is 7.82. The van der Waals surface area contributed by atoms with E-state index in [0.29, 0.717) is 42.4 Å². The summed E-state index contributed by atoms with van der Waals surface area (Å²) >= 11 is 0. The van der Waals surface area contributed by atoms with Crippen LogP contribution < -0.4 is 16.6 Å². The normalized spacial score (nSPS) is 16.1. The minimum atomic E-state index is -1.33. The van der Waals surface area contributed by atoms with E-state index < -0.39 is 34.5 Å². The monoisotopic (exact) mass is 468 g/mol. The third-order valence-corrected chi connectivity index (χ3v) is 5.51. The Morgan fingerprint density at radius 1 is 1.15 bits per heavy atom. The Morgan fingerprint density at radius 2 is 2.00 bits per heavy atom. The van der Waals surface area contributed by atoms with Gasteiger partial charge in [0, 0.05) is 31.5 Å². The van der Waals surface area contributed by atoms with Crippen LogP contribution in [0.2, 0.25) is 0 Å². The molecule has 1 fully saturated rings. The number of rotatable bonds is 4. The third kappa shape index (κ3) is 4.02. The average molecular weight is 468 g/mol. The molecule has 5 heterocycles. The number of anilines is 1. The van der Waals surface area contributed by atoms with Gasteiger partial charge in [-0.25, -0.2) is 24.1 Å². The van der Waals surface area contributed by atoms with Crippen molar-refractivity contribution in [3.05, 3.63) is 75.0 Å². The van der Waals surface area contributed by atoms with Crippen molar-refractivity contribution in [1.29, 1.82) is 0 Å². The first-order valence-electron chi connectivity index (χ1n) is 10.4. The largest absolute Gasteiger partial charge is 0.365 e. The Labute approximate surface area is 189 Å². The highest BCUT2D eigenvalue weighted by atomic mass is 19.1. The van der Waals surface area contributed by atoms with Gasteiger partial charge in [0.05, 0.1) is 6.20 Å². The number of halogens is 2. The molecular formula is C21H18F2N8O3. The van der Waals surface area contributed by atoms with E-state index in [0.717, 1.165) is 0 Å². The molecule has 1 aliphatic heterocycles. The number of nitrogens with one attached hydrogen (secondary N) is 3. The van der Waals surface area contributed by atoms with E-state index in [2.05, 4.69) is 25.3 Å². The van der Waals surface area contributed by atoms with E-state index in [1.165, 1.54) is 17.2 Å². The summed E-state index contributed by atoms with van der Waals surface area (Å²) < 4.78 is 29.4. The van der Waals surface area contributed by atoms with E-state index >= 15 is 0 Å². The molecule has 1 amide bonds. The fourth-order valence-corrected chi connectivity index (χ4v) is 3.95. The van der Waals surface area contributed by atoms with Crippen LogP contribution in [0.4, 0.5) is 14.6 Å². The number of H-pyrrole nitrogens is 2. The topological polar surface area (TPSA) is 141 Å². The summed E-state index contributed by atoms with van der Waals surface area (Å²) in [5.74, 6) is -1.72. The van der Waals surface area contributed by atoms with Crippen molar-refractivity contribution in [2.45, 2.75) is 18.9 Å². The van der Waals surface area contributed by atoms with E-state index in [4.69, 9.17) is 0 Å². The number of carbonyl (C=O) groups is 1. The number of pyridine rings is 1. The zero-order chi connectivity index (χ0) is 23.8. The maximum Gasteiger partial charge on any atom is 0.326 e. The molecule has 0 saturated carbocycles. The number of likely N-dealkylation sites (tertiary alicyclic amines) is 1. The molecule has 1 atom stereocenters. The summed E-state index contributed by atoms with van der Waals surface area (Å²) in [7, 11) is 0. The molecule has 5 rings (SSSR count). The van der Waals surface area contributed by atoms with Gasteiger partial charge in [-0.05, 0) is 31.0 Å². The molecule has 1 aliphatic rings. The highest BCUT2D eigenvalue weighted by Crippen LogP contribution is 2.21. The van der Waals surface area contributed by atoms with Crippen LogP contribution in [-0.2, 0) is 0 Å². The minimum Gasteiger partial charge on any atom is -0.365 e. The lowest BCUT2D eigenvalue weighted by molar-refractivity contribution is 0.0702. The van der Waals surface area contributed by atoms with Crippen molar-refractivity contribution in [2.75, 3.05) is 18.4 Å². The van der Waals surface area contributed by atoms with Crippen LogP contribution in [0.5, 0.6) is 0 Å². The smallest absolute Gasteiger partial charge is 0.326 e. The van der Waals surface area contributed by atoms with Gasteiger partial charge in [-0.2, -0.15) is 4.39 Å². The van der Waals surface area contributed by atoms with Gasteiger partial charge in [0.25, 0.3) is 11.5 Å². The molecule has 0 spiro atoms. The van der Waals surface area contributed by atoms with E-state index in [9.17, 15) is 23.2 Å². The molecule has 11 nitrogen and oxygen atoms in total. The van der Waals surface area contributed by atoms with Crippen molar-refractivity contribution in [3.63, 3.8) is 0 Å².